The Hall–Kier alpha value is -1.06. The van der Waals surface area contributed by atoms with Gasteiger partial charge in [0.15, 0.2) is 0 Å². The topological polar surface area (TPSA) is 32.7 Å². The Morgan fingerprint density at radius 3 is 2.76 bits per heavy atom. The lowest BCUT2D eigenvalue weighted by molar-refractivity contribution is 0.0668. The second-order valence-corrected chi connectivity index (χ2v) is 4.61. The highest BCUT2D eigenvalue weighted by Crippen LogP contribution is 2.16. The van der Waals surface area contributed by atoms with Crippen LogP contribution in [-0.2, 0) is 6.54 Å². The minimum Gasteiger partial charge on any atom is -0.494 e. The fraction of sp³-hybridized carbons (Fsp3) is 0.571. The predicted octanol–water partition coefficient (Wildman–Crippen LogP) is 2.04. The molecule has 3 nitrogen and oxygen atoms in total. The molecular weight excluding hydrogens is 214 g/mol. The number of benzene rings is 1. The van der Waals surface area contributed by atoms with Crippen LogP contribution in [0.5, 0.6) is 5.75 Å². The zero-order chi connectivity index (χ0) is 12.1. The number of piperidine rings is 1. The average molecular weight is 235 g/mol. The lowest BCUT2D eigenvalue weighted by Gasteiger charge is -2.29. The van der Waals surface area contributed by atoms with Crippen LogP contribution in [0, 0.1) is 0 Å². The summed E-state index contributed by atoms with van der Waals surface area (Å²) >= 11 is 0. The molecule has 0 unspecified atom stereocenters. The van der Waals surface area contributed by atoms with Crippen LogP contribution in [0.2, 0.25) is 0 Å². The molecule has 2 rings (SSSR count). The monoisotopic (exact) mass is 235 g/mol. The fourth-order valence-electron chi connectivity index (χ4n) is 2.29. The third-order valence-electron chi connectivity index (χ3n) is 3.12. The molecule has 0 aliphatic carbocycles. The number of β-amino-alcohol motifs (C(OH)–C–C–N with tert-alkyl or cyclic N) is 1. The van der Waals surface area contributed by atoms with Crippen molar-refractivity contribution in [1.82, 2.24) is 4.90 Å². The molecule has 1 N–H and O–H groups in total. The van der Waals surface area contributed by atoms with Crippen molar-refractivity contribution in [3.63, 3.8) is 0 Å². The van der Waals surface area contributed by atoms with Crippen molar-refractivity contribution in [2.45, 2.75) is 32.4 Å². The second kappa shape index (κ2) is 6.03. The van der Waals surface area contributed by atoms with Gasteiger partial charge in [0, 0.05) is 13.1 Å². The van der Waals surface area contributed by atoms with Gasteiger partial charge in [-0.2, -0.15) is 0 Å². The number of aliphatic hydroxyl groups is 1. The summed E-state index contributed by atoms with van der Waals surface area (Å²) in [6, 6.07) is 8.23. The van der Waals surface area contributed by atoms with E-state index in [1.165, 1.54) is 5.56 Å². The maximum Gasteiger partial charge on any atom is 0.119 e. The molecule has 1 atom stereocenters. The lowest BCUT2D eigenvalue weighted by Crippen LogP contribution is -2.37. The molecule has 0 aromatic heterocycles. The molecular formula is C14H21NO2. The molecule has 0 saturated carbocycles. The van der Waals surface area contributed by atoms with Gasteiger partial charge in [-0.15, -0.1) is 0 Å². The maximum absolute atomic E-state index is 9.61. The summed E-state index contributed by atoms with van der Waals surface area (Å²) in [5.41, 5.74) is 1.28. The first-order valence-electron chi connectivity index (χ1n) is 6.40. The van der Waals surface area contributed by atoms with E-state index in [1.54, 1.807) is 0 Å². The number of hydrogen-bond acceptors (Lipinski definition) is 3. The first kappa shape index (κ1) is 12.4. The standard InChI is InChI=1S/C14H21NO2/c1-2-17-14-7-5-12(6-8-14)10-15-9-3-4-13(16)11-15/h5-8,13,16H,2-4,9-11H2,1H3/t13-/m0/s1. The molecule has 1 aromatic rings. The van der Waals surface area contributed by atoms with E-state index in [-0.39, 0.29) is 6.10 Å². The molecule has 1 fully saturated rings. The molecule has 1 saturated heterocycles. The number of hydrogen-bond donors (Lipinski definition) is 1. The van der Waals surface area contributed by atoms with Crippen LogP contribution in [0.15, 0.2) is 24.3 Å². The first-order chi connectivity index (χ1) is 8.28. The summed E-state index contributed by atoms with van der Waals surface area (Å²) in [6.07, 6.45) is 1.89. The maximum atomic E-state index is 9.61. The molecule has 17 heavy (non-hydrogen) atoms. The number of aliphatic hydroxyl groups excluding tert-OH is 1. The third kappa shape index (κ3) is 3.72. The van der Waals surface area contributed by atoms with Gasteiger partial charge < -0.3 is 9.84 Å². The molecule has 0 radical (unpaired) electrons. The summed E-state index contributed by atoms with van der Waals surface area (Å²) in [6.45, 7) is 5.50. The SMILES string of the molecule is CCOc1ccc(CN2CCC[C@H](O)C2)cc1. The Morgan fingerprint density at radius 1 is 1.35 bits per heavy atom. The minimum absolute atomic E-state index is 0.147. The van der Waals surface area contributed by atoms with Gasteiger partial charge in [0.25, 0.3) is 0 Å². The van der Waals surface area contributed by atoms with Gasteiger partial charge in [0.2, 0.25) is 0 Å². The Bertz CT molecular complexity index is 337. The van der Waals surface area contributed by atoms with E-state index in [4.69, 9.17) is 4.74 Å². The van der Waals surface area contributed by atoms with Crippen molar-refractivity contribution >= 4 is 0 Å². The van der Waals surface area contributed by atoms with E-state index in [0.717, 1.165) is 38.2 Å². The van der Waals surface area contributed by atoms with Crippen molar-refractivity contribution in [2.75, 3.05) is 19.7 Å². The zero-order valence-electron chi connectivity index (χ0n) is 10.4. The number of likely N-dealkylation sites (tertiary alicyclic amines) is 1. The molecule has 1 aromatic carbocycles. The Labute approximate surface area is 103 Å². The van der Waals surface area contributed by atoms with E-state index < -0.39 is 0 Å². The Kier molecular flexibility index (Phi) is 4.40. The number of nitrogens with zero attached hydrogens (tertiary/aromatic N) is 1. The molecule has 3 heteroatoms. The van der Waals surface area contributed by atoms with Crippen LogP contribution in [0.1, 0.15) is 25.3 Å². The van der Waals surface area contributed by atoms with Gasteiger partial charge in [0.05, 0.1) is 12.7 Å². The Morgan fingerprint density at radius 2 is 2.12 bits per heavy atom. The Balaban J connectivity index is 1.89. The molecule has 0 spiro atoms. The number of rotatable bonds is 4. The highest BCUT2D eigenvalue weighted by atomic mass is 16.5. The highest BCUT2D eigenvalue weighted by molar-refractivity contribution is 5.27. The van der Waals surface area contributed by atoms with Crippen molar-refractivity contribution in [3.8, 4) is 5.75 Å². The lowest BCUT2D eigenvalue weighted by atomic mass is 10.1. The van der Waals surface area contributed by atoms with Crippen molar-refractivity contribution in [2.24, 2.45) is 0 Å². The third-order valence-corrected chi connectivity index (χ3v) is 3.12. The van der Waals surface area contributed by atoms with Gasteiger partial charge in [-0.3, -0.25) is 4.90 Å². The van der Waals surface area contributed by atoms with E-state index in [9.17, 15) is 5.11 Å². The predicted molar refractivity (Wildman–Crippen MR) is 68.1 cm³/mol. The largest absolute Gasteiger partial charge is 0.494 e. The van der Waals surface area contributed by atoms with Crippen molar-refractivity contribution in [3.05, 3.63) is 29.8 Å². The van der Waals surface area contributed by atoms with Crippen molar-refractivity contribution in [1.29, 1.82) is 0 Å². The summed E-state index contributed by atoms with van der Waals surface area (Å²) in [4.78, 5) is 2.31. The van der Waals surface area contributed by atoms with Gasteiger partial charge in [-0.1, -0.05) is 12.1 Å². The summed E-state index contributed by atoms with van der Waals surface area (Å²) in [7, 11) is 0. The highest BCUT2D eigenvalue weighted by Gasteiger charge is 2.17. The number of ether oxygens (including phenoxy) is 1. The molecule has 1 aliphatic rings. The summed E-state index contributed by atoms with van der Waals surface area (Å²) in [5, 5.41) is 9.61. The van der Waals surface area contributed by atoms with E-state index in [2.05, 4.69) is 17.0 Å². The zero-order valence-corrected chi connectivity index (χ0v) is 10.4. The molecule has 0 amide bonds. The molecule has 1 aliphatic heterocycles. The van der Waals surface area contributed by atoms with E-state index in [0.29, 0.717) is 6.61 Å². The van der Waals surface area contributed by atoms with Gasteiger partial charge in [-0.05, 0) is 44.0 Å². The van der Waals surface area contributed by atoms with Crippen LogP contribution in [0.4, 0.5) is 0 Å². The van der Waals surface area contributed by atoms with E-state index >= 15 is 0 Å². The quantitative estimate of drug-likeness (QED) is 0.867. The minimum atomic E-state index is -0.147. The fourth-order valence-corrected chi connectivity index (χ4v) is 2.29. The summed E-state index contributed by atoms with van der Waals surface area (Å²) < 4.78 is 5.41. The van der Waals surface area contributed by atoms with Crippen LogP contribution in [0.25, 0.3) is 0 Å². The van der Waals surface area contributed by atoms with Crippen LogP contribution < -0.4 is 4.74 Å². The van der Waals surface area contributed by atoms with Gasteiger partial charge in [-0.25, -0.2) is 0 Å². The van der Waals surface area contributed by atoms with Gasteiger partial charge in [0.1, 0.15) is 5.75 Å². The van der Waals surface area contributed by atoms with Crippen LogP contribution in [-0.4, -0.2) is 35.8 Å². The average Bonchev–Trinajstić information content (AvgIpc) is 2.32. The smallest absolute Gasteiger partial charge is 0.119 e. The normalized spacial score (nSPS) is 21.4. The molecule has 1 heterocycles. The van der Waals surface area contributed by atoms with Crippen molar-refractivity contribution < 1.29 is 9.84 Å². The van der Waals surface area contributed by atoms with Crippen LogP contribution in [0.3, 0.4) is 0 Å². The molecule has 0 bridgehead atoms. The van der Waals surface area contributed by atoms with Gasteiger partial charge >= 0.3 is 0 Å². The molecule has 94 valence electrons. The van der Waals surface area contributed by atoms with Crippen LogP contribution >= 0.6 is 0 Å². The summed E-state index contributed by atoms with van der Waals surface area (Å²) in [5.74, 6) is 0.926. The second-order valence-electron chi connectivity index (χ2n) is 4.61. The first-order valence-corrected chi connectivity index (χ1v) is 6.40. The van der Waals surface area contributed by atoms with E-state index in [1.807, 2.05) is 19.1 Å².